The fourth-order valence-corrected chi connectivity index (χ4v) is 1.96. The molecule has 66 valence electrons. The first-order valence-electron chi connectivity index (χ1n) is 3.70. The van der Waals surface area contributed by atoms with Crippen LogP contribution in [0, 0.1) is 5.82 Å². The minimum absolute atomic E-state index is 0.00593. The second-order valence-corrected chi connectivity index (χ2v) is 5.26. The van der Waals surface area contributed by atoms with Crippen molar-refractivity contribution in [3.63, 3.8) is 0 Å². The van der Waals surface area contributed by atoms with Crippen molar-refractivity contribution in [2.75, 3.05) is 0 Å². The van der Waals surface area contributed by atoms with Gasteiger partial charge in [0, 0.05) is 5.19 Å². The van der Waals surface area contributed by atoms with Gasteiger partial charge in [0.1, 0.15) is 5.82 Å². The van der Waals surface area contributed by atoms with Crippen LogP contribution in [0.25, 0.3) is 0 Å². The molecule has 1 aromatic rings. The smallest absolute Gasteiger partial charge is 0.265 e. The number of benzene rings is 1. The van der Waals surface area contributed by atoms with Crippen molar-refractivity contribution in [1.29, 1.82) is 0 Å². The molecule has 0 heterocycles. The molecular formula is C8H9F3Si. The normalized spacial score (nSPS) is 11.7. The maximum absolute atomic E-state index is 13.0. The molecule has 0 nitrogen and oxygen atoms in total. The zero-order chi connectivity index (χ0) is 9.19. The Hall–Kier alpha value is -0.773. The van der Waals surface area contributed by atoms with E-state index in [9.17, 15) is 12.6 Å². The zero-order valence-electron chi connectivity index (χ0n) is 6.65. The van der Waals surface area contributed by atoms with Gasteiger partial charge in [-0.1, -0.05) is 19.1 Å². The van der Waals surface area contributed by atoms with Crippen molar-refractivity contribution < 1.29 is 12.6 Å². The molecule has 0 saturated carbocycles. The van der Waals surface area contributed by atoms with Crippen molar-refractivity contribution in [1.82, 2.24) is 0 Å². The first kappa shape index (κ1) is 9.32. The van der Waals surface area contributed by atoms with Gasteiger partial charge in [-0.25, -0.2) is 4.39 Å². The largest absolute Gasteiger partial charge is 0.455 e. The Morgan fingerprint density at radius 2 is 1.67 bits per heavy atom. The number of rotatable bonds is 2. The molecule has 0 N–H and O–H groups in total. The molecule has 0 spiro atoms. The number of halogens is 3. The summed E-state index contributed by atoms with van der Waals surface area (Å²) in [6.45, 7) is 1.45. The molecule has 0 saturated heterocycles. The maximum atomic E-state index is 13.0. The van der Waals surface area contributed by atoms with Gasteiger partial charge >= 0.3 is 8.74 Å². The Morgan fingerprint density at radius 1 is 1.17 bits per heavy atom. The lowest BCUT2D eigenvalue weighted by atomic mass is 10.3. The van der Waals surface area contributed by atoms with Gasteiger partial charge in [0.15, 0.2) is 0 Å². The van der Waals surface area contributed by atoms with Crippen LogP contribution in [0.2, 0.25) is 6.04 Å². The van der Waals surface area contributed by atoms with Crippen LogP contribution in [-0.2, 0) is 0 Å². The van der Waals surface area contributed by atoms with E-state index in [0.29, 0.717) is 0 Å². The molecule has 0 aliphatic rings. The lowest BCUT2D eigenvalue weighted by Crippen LogP contribution is -2.37. The van der Waals surface area contributed by atoms with Crippen LogP contribution in [-0.4, -0.2) is 8.74 Å². The van der Waals surface area contributed by atoms with E-state index in [1.807, 2.05) is 0 Å². The van der Waals surface area contributed by atoms with E-state index in [-0.39, 0.29) is 11.2 Å². The molecule has 0 bridgehead atoms. The Balaban J connectivity index is 2.96. The monoisotopic (exact) mass is 190 g/mol. The van der Waals surface area contributed by atoms with Gasteiger partial charge in [0.25, 0.3) is 0 Å². The molecule has 0 radical (unpaired) electrons. The van der Waals surface area contributed by atoms with Gasteiger partial charge in [-0.2, -0.15) is 0 Å². The minimum atomic E-state index is -4.24. The van der Waals surface area contributed by atoms with Gasteiger partial charge in [0.2, 0.25) is 0 Å². The summed E-state index contributed by atoms with van der Waals surface area (Å²) in [5, 5.41) is 0.00593. The highest BCUT2D eigenvalue weighted by atomic mass is 28.4. The summed E-state index contributed by atoms with van der Waals surface area (Å²) in [5.74, 6) is -0.473. The van der Waals surface area contributed by atoms with Crippen molar-refractivity contribution in [2.45, 2.75) is 13.0 Å². The first-order valence-corrected chi connectivity index (χ1v) is 5.66. The molecule has 0 fully saturated rings. The Bertz CT molecular complexity index is 256. The Kier molecular flexibility index (Phi) is 2.57. The van der Waals surface area contributed by atoms with Crippen LogP contribution >= 0.6 is 0 Å². The summed E-state index contributed by atoms with van der Waals surface area (Å²) in [5.41, 5.74) is 0. The summed E-state index contributed by atoms with van der Waals surface area (Å²) < 4.78 is 38.4. The number of hydrogen-bond donors (Lipinski definition) is 0. The third kappa shape index (κ3) is 1.88. The Labute approximate surface area is 70.4 Å². The van der Waals surface area contributed by atoms with E-state index in [0.717, 1.165) is 12.1 Å². The highest BCUT2D eigenvalue weighted by Gasteiger charge is 2.35. The fraction of sp³-hybridized carbons (Fsp3) is 0.250. The van der Waals surface area contributed by atoms with Crippen LogP contribution in [0.3, 0.4) is 0 Å². The van der Waals surface area contributed by atoms with Crippen molar-refractivity contribution in [3.8, 4) is 0 Å². The summed E-state index contributed by atoms with van der Waals surface area (Å²) in [6.07, 6.45) is 0. The van der Waals surface area contributed by atoms with Gasteiger partial charge < -0.3 is 0 Å². The summed E-state index contributed by atoms with van der Waals surface area (Å²) in [7, 11) is -4.24. The van der Waals surface area contributed by atoms with Crippen LogP contribution in [0.15, 0.2) is 24.3 Å². The third-order valence-corrected chi connectivity index (χ3v) is 3.78. The minimum Gasteiger partial charge on any atom is -0.265 e. The summed E-state index contributed by atoms with van der Waals surface area (Å²) in [6, 6.07) is 4.37. The van der Waals surface area contributed by atoms with Gasteiger partial charge in [-0.3, -0.25) is 8.22 Å². The van der Waals surface area contributed by atoms with Crippen LogP contribution in [0.4, 0.5) is 12.6 Å². The lowest BCUT2D eigenvalue weighted by molar-refractivity contribution is 0.620. The fourth-order valence-electron chi connectivity index (χ4n) is 0.898. The zero-order valence-corrected chi connectivity index (χ0v) is 7.65. The molecule has 0 amide bonds. The van der Waals surface area contributed by atoms with Crippen molar-refractivity contribution in [2.24, 2.45) is 0 Å². The highest BCUT2D eigenvalue weighted by molar-refractivity contribution is 6.79. The summed E-state index contributed by atoms with van der Waals surface area (Å²) >= 11 is 0. The van der Waals surface area contributed by atoms with E-state index >= 15 is 0 Å². The van der Waals surface area contributed by atoms with E-state index < -0.39 is 14.6 Å². The van der Waals surface area contributed by atoms with Gasteiger partial charge in [-0.05, 0) is 18.2 Å². The molecule has 0 unspecified atom stereocenters. The molecular weight excluding hydrogens is 181 g/mol. The van der Waals surface area contributed by atoms with Gasteiger partial charge in [-0.15, -0.1) is 0 Å². The first-order chi connectivity index (χ1) is 5.56. The van der Waals surface area contributed by atoms with Crippen molar-refractivity contribution in [3.05, 3.63) is 30.1 Å². The molecule has 0 atom stereocenters. The summed E-state index contributed by atoms with van der Waals surface area (Å²) in [4.78, 5) is 0. The molecule has 0 aliphatic heterocycles. The SMILES string of the molecule is CC[Si](F)(F)c1ccc(F)cc1. The maximum Gasteiger partial charge on any atom is 0.455 e. The van der Waals surface area contributed by atoms with E-state index in [2.05, 4.69) is 0 Å². The topological polar surface area (TPSA) is 0 Å². The molecule has 4 heteroatoms. The van der Waals surface area contributed by atoms with E-state index in [1.54, 1.807) is 0 Å². The molecule has 1 rings (SSSR count). The second kappa shape index (κ2) is 3.31. The van der Waals surface area contributed by atoms with Crippen LogP contribution < -0.4 is 5.19 Å². The van der Waals surface area contributed by atoms with Crippen LogP contribution in [0.1, 0.15) is 6.92 Å². The molecule has 0 aromatic heterocycles. The quantitative estimate of drug-likeness (QED) is 0.496. The average molecular weight is 190 g/mol. The predicted octanol–water partition coefficient (Wildman–Crippen LogP) is 2.43. The van der Waals surface area contributed by atoms with Crippen LogP contribution in [0.5, 0.6) is 0 Å². The molecule has 0 aliphatic carbocycles. The predicted molar refractivity (Wildman–Crippen MR) is 44.5 cm³/mol. The Morgan fingerprint density at radius 3 is 2.08 bits per heavy atom. The van der Waals surface area contributed by atoms with E-state index in [4.69, 9.17) is 0 Å². The molecule has 12 heavy (non-hydrogen) atoms. The lowest BCUT2D eigenvalue weighted by Gasteiger charge is -2.09. The third-order valence-electron chi connectivity index (χ3n) is 1.71. The molecule has 1 aromatic carbocycles. The highest BCUT2D eigenvalue weighted by Crippen LogP contribution is 2.12. The van der Waals surface area contributed by atoms with Crippen molar-refractivity contribution >= 4 is 13.9 Å². The van der Waals surface area contributed by atoms with E-state index in [1.165, 1.54) is 19.1 Å². The standard InChI is InChI=1S/C8H9F3Si/c1-2-12(10,11)8-5-3-7(9)4-6-8/h3-6H,2H2,1H3. The second-order valence-electron chi connectivity index (χ2n) is 2.56. The van der Waals surface area contributed by atoms with Gasteiger partial charge in [0.05, 0.1) is 0 Å². The number of hydrogen-bond acceptors (Lipinski definition) is 0. The average Bonchev–Trinajstić information content (AvgIpc) is 2.05.